The summed E-state index contributed by atoms with van der Waals surface area (Å²) in [6.45, 7) is 1.84. The maximum Gasteiger partial charge on any atom is 0.145 e. The quantitative estimate of drug-likeness (QED) is 0.731. The maximum absolute atomic E-state index is 11.7. The molecular weight excluding hydrogens is 176 g/mol. The van der Waals surface area contributed by atoms with E-state index in [2.05, 4.69) is 0 Å². The molecule has 1 aromatic rings. The number of aliphatic hydroxyl groups is 1. The number of hydrogen-bond donors (Lipinski definition) is 1. The van der Waals surface area contributed by atoms with E-state index in [-0.39, 0.29) is 5.78 Å². The first-order chi connectivity index (χ1) is 6.65. The fraction of sp³-hybridized carbons (Fsp3) is 0.417. The van der Waals surface area contributed by atoms with Gasteiger partial charge in [-0.3, -0.25) is 4.79 Å². The molecule has 2 nitrogen and oxygen atoms in total. The number of hydrogen-bond acceptors (Lipinski definition) is 2. The molecule has 0 aliphatic heterocycles. The van der Waals surface area contributed by atoms with Crippen molar-refractivity contribution in [3.05, 3.63) is 35.9 Å². The third-order valence-corrected chi connectivity index (χ3v) is 3.26. The lowest BCUT2D eigenvalue weighted by Gasteiger charge is -2.26. The lowest BCUT2D eigenvalue weighted by Crippen LogP contribution is -2.37. The Morgan fingerprint density at radius 3 is 2.50 bits per heavy atom. The van der Waals surface area contributed by atoms with Crippen LogP contribution in [0.3, 0.4) is 0 Å². The molecule has 2 atom stereocenters. The largest absolute Gasteiger partial charge is 0.392 e. The van der Waals surface area contributed by atoms with Gasteiger partial charge in [-0.05, 0) is 18.9 Å². The summed E-state index contributed by atoms with van der Waals surface area (Å²) < 4.78 is 0. The van der Waals surface area contributed by atoms with Gasteiger partial charge in [0.25, 0.3) is 0 Å². The molecule has 1 saturated carbocycles. The zero-order valence-electron chi connectivity index (χ0n) is 8.23. The van der Waals surface area contributed by atoms with E-state index in [1.54, 1.807) is 0 Å². The number of carbonyl (C=O) groups excluding carboxylic acids is 1. The Kier molecular flexibility index (Phi) is 2.16. The highest BCUT2D eigenvalue weighted by atomic mass is 16.3. The van der Waals surface area contributed by atoms with E-state index < -0.39 is 11.5 Å². The number of benzene rings is 1. The van der Waals surface area contributed by atoms with Crippen molar-refractivity contribution in [2.75, 3.05) is 0 Å². The number of ketones is 1. The van der Waals surface area contributed by atoms with Crippen LogP contribution in [0.4, 0.5) is 0 Å². The van der Waals surface area contributed by atoms with Crippen molar-refractivity contribution in [1.82, 2.24) is 0 Å². The van der Waals surface area contributed by atoms with Crippen LogP contribution in [0.15, 0.2) is 30.3 Å². The van der Waals surface area contributed by atoms with Gasteiger partial charge in [0.2, 0.25) is 0 Å². The van der Waals surface area contributed by atoms with Gasteiger partial charge in [0.1, 0.15) is 5.78 Å². The summed E-state index contributed by atoms with van der Waals surface area (Å²) in [6, 6.07) is 9.54. The van der Waals surface area contributed by atoms with E-state index in [1.165, 1.54) is 0 Å². The van der Waals surface area contributed by atoms with Crippen molar-refractivity contribution in [2.24, 2.45) is 0 Å². The van der Waals surface area contributed by atoms with Crippen LogP contribution in [0, 0.1) is 0 Å². The molecule has 1 N–H and O–H groups in total. The highest BCUT2D eigenvalue weighted by molar-refractivity contribution is 5.92. The Hall–Kier alpha value is -1.15. The van der Waals surface area contributed by atoms with Crippen molar-refractivity contribution in [3.63, 3.8) is 0 Å². The van der Waals surface area contributed by atoms with E-state index >= 15 is 0 Å². The van der Waals surface area contributed by atoms with Gasteiger partial charge >= 0.3 is 0 Å². The average Bonchev–Trinajstić information content (AvgIpc) is 2.49. The first kappa shape index (κ1) is 9.41. The SMILES string of the molecule is C[C@]1(c2ccccc2)C(=O)CC[C@H]1O. The fourth-order valence-electron chi connectivity index (χ4n) is 2.14. The monoisotopic (exact) mass is 190 g/mol. The molecule has 14 heavy (non-hydrogen) atoms. The highest BCUT2D eigenvalue weighted by Gasteiger charge is 2.46. The van der Waals surface area contributed by atoms with Crippen LogP contribution in [-0.4, -0.2) is 17.0 Å². The molecule has 1 aliphatic rings. The van der Waals surface area contributed by atoms with E-state index in [9.17, 15) is 9.90 Å². The number of carbonyl (C=O) groups is 1. The molecule has 1 fully saturated rings. The minimum Gasteiger partial charge on any atom is -0.392 e. The minimum absolute atomic E-state index is 0.149. The number of rotatable bonds is 1. The zero-order valence-corrected chi connectivity index (χ0v) is 8.23. The van der Waals surface area contributed by atoms with Crippen LogP contribution < -0.4 is 0 Å². The molecule has 0 radical (unpaired) electrons. The number of Topliss-reactive ketones (excluding diaryl/α,β-unsaturated/α-hetero) is 1. The van der Waals surface area contributed by atoms with E-state index in [1.807, 2.05) is 37.3 Å². The van der Waals surface area contributed by atoms with Gasteiger partial charge < -0.3 is 5.11 Å². The Balaban J connectivity index is 2.46. The molecule has 0 saturated heterocycles. The topological polar surface area (TPSA) is 37.3 Å². The zero-order chi connectivity index (χ0) is 10.2. The Bertz CT molecular complexity index is 345. The molecule has 1 aromatic carbocycles. The second-order valence-electron chi connectivity index (χ2n) is 4.05. The molecule has 2 heteroatoms. The summed E-state index contributed by atoms with van der Waals surface area (Å²) in [4.78, 5) is 11.7. The molecule has 0 bridgehead atoms. The van der Waals surface area contributed by atoms with Gasteiger partial charge in [0.05, 0.1) is 11.5 Å². The van der Waals surface area contributed by atoms with Crippen molar-refractivity contribution >= 4 is 5.78 Å². The molecule has 0 heterocycles. The van der Waals surface area contributed by atoms with Crippen molar-refractivity contribution < 1.29 is 9.90 Å². The third kappa shape index (κ3) is 1.18. The molecular formula is C12H14O2. The van der Waals surface area contributed by atoms with E-state index in [4.69, 9.17) is 0 Å². The summed E-state index contributed by atoms with van der Waals surface area (Å²) in [5, 5.41) is 9.85. The standard InChI is InChI=1S/C12H14O2/c1-12(9-5-3-2-4-6-9)10(13)7-8-11(12)14/h2-6,10,13H,7-8H2,1H3/t10-,12-/m1/s1. The van der Waals surface area contributed by atoms with Gasteiger partial charge in [0, 0.05) is 6.42 Å². The molecule has 2 rings (SSSR count). The smallest absolute Gasteiger partial charge is 0.145 e. The third-order valence-electron chi connectivity index (χ3n) is 3.26. The van der Waals surface area contributed by atoms with Crippen molar-refractivity contribution in [1.29, 1.82) is 0 Å². The molecule has 0 aromatic heterocycles. The first-order valence-corrected chi connectivity index (χ1v) is 4.92. The lowest BCUT2D eigenvalue weighted by molar-refractivity contribution is -0.123. The van der Waals surface area contributed by atoms with Gasteiger partial charge in [-0.2, -0.15) is 0 Å². The van der Waals surface area contributed by atoms with Crippen LogP contribution in [-0.2, 0) is 10.2 Å². The second kappa shape index (κ2) is 3.21. The van der Waals surface area contributed by atoms with Gasteiger partial charge in [0.15, 0.2) is 0 Å². The predicted octanol–water partition coefficient (Wildman–Crippen LogP) is 1.67. The maximum atomic E-state index is 11.7. The average molecular weight is 190 g/mol. The second-order valence-corrected chi connectivity index (χ2v) is 4.05. The molecule has 0 unspecified atom stereocenters. The Labute approximate surface area is 83.6 Å². The fourth-order valence-corrected chi connectivity index (χ4v) is 2.14. The molecule has 1 aliphatic carbocycles. The molecule has 0 spiro atoms. The summed E-state index contributed by atoms with van der Waals surface area (Å²) in [5.41, 5.74) is 0.247. The van der Waals surface area contributed by atoms with Crippen LogP contribution in [0.2, 0.25) is 0 Å². The minimum atomic E-state index is -0.679. The first-order valence-electron chi connectivity index (χ1n) is 4.92. The lowest BCUT2D eigenvalue weighted by atomic mass is 9.78. The van der Waals surface area contributed by atoms with Crippen LogP contribution >= 0.6 is 0 Å². The Morgan fingerprint density at radius 2 is 2.00 bits per heavy atom. The summed E-state index contributed by atoms with van der Waals surface area (Å²) in [7, 11) is 0. The van der Waals surface area contributed by atoms with Gasteiger partial charge in [-0.1, -0.05) is 30.3 Å². The summed E-state index contributed by atoms with van der Waals surface area (Å²) in [5.74, 6) is 0.149. The number of aliphatic hydroxyl groups excluding tert-OH is 1. The highest BCUT2D eigenvalue weighted by Crippen LogP contribution is 2.37. The Morgan fingerprint density at radius 1 is 1.36 bits per heavy atom. The predicted molar refractivity (Wildman–Crippen MR) is 54.0 cm³/mol. The van der Waals surface area contributed by atoms with Crippen molar-refractivity contribution in [3.8, 4) is 0 Å². The van der Waals surface area contributed by atoms with Crippen molar-refractivity contribution in [2.45, 2.75) is 31.3 Å². The van der Waals surface area contributed by atoms with Crippen LogP contribution in [0.25, 0.3) is 0 Å². The van der Waals surface area contributed by atoms with Gasteiger partial charge in [-0.25, -0.2) is 0 Å². The summed E-state index contributed by atoms with van der Waals surface area (Å²) >= 11 is 0. The molecule has 0 amide bonds. The normalized spacial score (nSPS) is 32.1. The molecule has 74 valence electrons. The van der Waals surface area contributed by atoms with Crippen LogP contribution in [0.5, 0.6) is 0 Å². The van der Waals surface area contributed by atoms with Gasteiger partial charge in [-0.15, -0.1) is 0 Å². The van der Waals surface area contributed by atoms with E-state index in [0.29, 0.717) is 12.8 Å². The van der Waals surface area contributed by atoms with E-state index in [0.717, 1.165) is 5.56 Å². The van der Waals surface area contributed by atoms with Crippen LogP contribution in [0.1, 0.15) is 25.3 Å². The summed E-state index contributed by atoms with van der Waals surface area (Å²) in [6.07, 6.45) is 0.550.